The molecule has 0 aromatic rings. The number of carbonyl (C=O) groups is 5. The molecule has 0 aromatic carbocycles. The molecule has 0 saturated carbocycles. The van der Waals surface area contributed by atoms with Gasteiger partial charge in [0, 0.05) is 25.8 Å². The van der Waals surface area contributed by atoms with E-state index in [1.165, 1.54) is 0 Å². The molecule has 10 heteroatoms. The van der Waals surface area contributed by atoms with Crippen LogP contribution in [-0.4, -0.2) is 54.0 Å². The summed E-state index contributed by atoms with van der Waals surface area (Å²) in [6, 6.07) is -1.07. The van der Waals surface area contributed by atoms with Crippen LogP contribution in [0.5, 0.6) is 0 Å². The van der Waals surface area contributed by atoms with Gasteiger partial charge in [-0.25, -0.2) is 9.59 Å². The first kappa shape index (κ1) is 21.4. The molecule has 1 heterocycles. The van der Waals surface area contributed by atoms with Crippen LogP contribution in [0.4, 0.5) is 4.79 Å². The number of nitrogens with zero attached hydrogens (tertiary/aromatic N) is 1. The van der Waals surface area contributed by atoms with Crippen molar-refractivity contribution in [1.82, 2.24) is 15.7 Å². The van der Waals surface area contributed by atoms with Crippen molar-refractivity contribution in [3.05, 3.63) is 0 Å². The summed E-state index contributed by atoms with van der Waals surface area (Å²) in [7, 11) is 0. The maximum atomic E-state index is 12.2. The molecule has 1 aliphatic rings. The number of ether oxygens (including phenoxy) is 1. The lowest BCUT2D eigenvalue weighted by Gasteiger charge is -2.20. The number of unbranched alkanes of at least 4 members (excludes halogenated alkanes) is 1. The molecule has 0 radical (unpaired) electrons. The molecular weight excluding hydrogens is 346 g/mol. The highest BCUT2D eigenvalue weighted by Crippen LogP contribution is 2.14. The Morgan fingerprint density at radius 3 is 2.35 bits per heavy atom. The lowest BCUT2D eigenvalue weighted by Crippen LogP contribution is -2.45. The fourth-order valence-electron chi connectivity index (χ4n) is 2.20. The highest BCUT2D eigenvalue weighted by atomic mass is 16.7. The fourth-order valence-corrected chi connectivity index (χ4v) is 2.20. The largest absolute Gasteiger partial charge is 0.450 e. The van der Waals surface area contributed by atoms with Gasteiger partial charge in [-0.05, 0) is 26.2 Å². The standard InChI is InChI=1S/C16H25N3O7/c1-3-12(20)17-10-6-5-7-11(18-16(24)25-4-2)15(23)26-19-13(21)8-9-14(19)22/h11H,3-10H2,1-2H3,(H,17,20)(H,18,24). The van der Waals surface area contributed by atoms with Crippen molar-refractivity contribution < 1.29 is 33.5 Å². The van der Waals surface area contributed by atoms with Crippen molar-refractivity contribution in [2.24, 2.45) is 0 Å². The number of hydroxylamine groups is 2. The Bertz CT molecular complexity index is 534. The van der Waals surface area contributed by atoms with E-state index >= 15 is 0 Å². The van der Waals surface area contributed by atoms with E-state index in [0.29, 0.717) is 30.9 Å². The average molecular weight is 371 g/mol. The third-order valence-corrected chi connectivity index (χ3v) is 3.60. The van der Waals surface area contributed by atoms with Gasteiger partial charge in [-0.1, -0.05) is 6.92 Å². The van der Waals surface area contributed by atoms with Crippen LogP contribution in [0.1, 0.15) is 52.4 Å². The number of nitrogens with one attached hydrogen (secondary N) is 2. The minimum absolute atomic E-state index is 0.0147. The molecule has 0 bridgehead atoms. The first-order valence-corrected chi connectivity index (χ1v) is 8.66. The van der Waals surface area contributed by atoms with E-state index in [2.05, 4.69) is 10.6 Å². The van der Waals surface area contributed by atoms with Crippen molar-refractivity contribution in [1.29, 1.82) is 0 Å². The van der Waals surface area contributed by atoms with Gasteiger partial charge in [0.25, 0.3) is 11.8 Å². The van der Waals surface area contributed by atoms with E-state index in [1.54, 1.807) is 13.8 Å². The van der Waals surface area contributed by atoms with Crippen LogP contribution in [0.2, 0.25) is 0 Å². The number of imide groups is 1. The predicted molar refractivity (Wildman–Crippen MR) is 88.3 cm³/mol. The number of alkyl carbamates (subject to hydrolysis) is 1. The fraction of sp³-hybridized carbons (Fsp3) is 0.688. The van der Waals surface area contributed by atoms with Crippen molar-refractivity contribution in [3.63, 3.8) is 0 Å². The molecule has 0 spiro atoms. The number of hydrogen-bond acceptors (Lipinski definition) is 7. The summed E-state index contributed by atoms with van der Waals surface area (Å²) >= 11 is 0. The third-order valence-electron chi connectivity index (χ3n) is 3.60. The van der Waals surface area contributed by atoms with Crippen molar-refractivity contribution in [2.75, 3.05) is 13.2 Å². The Hall–Kier alpha value is -2.65. The van der Waals surface area contributed by atoms with Crippen molar-refractivity contribution >= 4 is 29.8 Å². The second-order valence-electron chi connectivity index (χ2n) is 5.61. The Balaban J connectivity index is 2.55. The number of amides is 4. The van der Waals surface area contributed by atoms with Gasteiger partial charge in [-0.15, -0.1) is 5.06 Å². The molecular formula is C16H25N3O7. The van der Waals surface area contributed by atoms with Gasteiger partial charge in [-0.2, -0.15) is 0 Å². The van der Waals surface area contributed by atoms with Gasteiger partial charge < -0.3 is 20.2 Å². The van der Waals surface area contributed by atoms with Crippen LogP contribution in [-0.2, 0) is 28.8 Å². The minimum atomic E-state index is -1.07. The summed E-state index contributed by atoms with van der Waals surface area (Å²) < 4.78 is 4.75. The molecule has 1 unspecified atom stereocenters. The van der Waals surface area contributed by atoms with E-state index in [1.807, 2.05) is 0 Å². The van der Waals surface area contributed by atoms with Gasteiger partial charge in [0.2, 0.25) is 5.91 Å². The van der Waals surface area contributed by atoms with Crippen LogP contribution >= 0.6 is 0 Å². The van der Waals surface area contributed by atoms with Crippen LogP contribution in [0.25, 0.3) is 0 Å². The molecule has 146 valence electrons. The van der Waals surface area contributed by atoms with Crippen molar-refractivity contribution in [3.8, 4) is 0 Å². The summed E-state index contributed by atoms with van der Waals surface area (Å²) in [6.45, 7) is 3.92. The average Bonchev–Trinajstić information content (AvgIpc) is 2.92. The van der Waals surface area contributed by atoms with Crippen molar-refractivity contribution in [2.45, 2.75) is 58.4 Å². The van der Waals surface area contributed by atoms with E-state index in [0.717, 1.165) is 0 Å². The molecule has 1 fully saturated rings. The molecule has 1 saturated heterocycles. The molecule has 26 heavy (non-hydrogen) atoms. The monoisotopic (exact) mass is 371 g/mol. The highest BCUT2D eigenvalue weighted by Gasteiger charge is 2.35. The van der Waals surface area contributed by atoms with Gasteiger partial charge >= 0.3 is 12.1 Å². The lowest BCUT2D eigenvalue weighted by molar-refractivity contribution is -0.199. The first-order valence-electron chi connectivity index (χ1n) is 8.66. The summed E-state index contributed by atoms with van der Waals surface area (Å²) in [5.74, 6) is -2.18. The lowest BCUT2D eigenvalue weighted by atomic mass is 10.1. The molecule has 1 aliphatic heterocycles. The van der Waals surface area contributed by atoms with Gasteiger partial charge in [0.05, 0.1) is 6.61 Å². The van der Waals surface area contributed by atoms with E-state index in [9.17, 15) is 24.0 Å². The Morgan fingerprint density at radius 1 is 1.12 bits per heavy atom. The maximum Gasteiger partial charge on any atom is 0.407 e. The number of carbonyl (C=O) groups excluding carboxylic acids is 5. The molecule has 10 nitrogen and oxygen atoms in total. The molecule has 4 amide bonds. The topological polar surface area (TPSA) is 131 Å². The Labute approximate surface area is 151 Å². The summed E-state index contributed by atoms with van der Waals surface area (Å²) in [5.41, 5.74) is 0. The van der Waals surface area contributed by atoms with Crippen LogP contribution in [0.3, 0.4) is 0 Å². The zero-order chi connectivity index (χ0) is 19.5. The SMILES string of the molecule is CCOC(=O)NC(CCCCNC(=O)CC)C(=O)ON1C(=O)CCC1=O. The maximum absolute atomic E-state index is 12.2. The zero-order valence-corrected chi connectivity index (χ0v) is 15.0. The Kier molecular flexibility index (Phi) is 9.10. The molecule has 0 aromatic heterocycles. The number of hydrogen-bond donors (Lipinski definition) is 2. The third kappa shape index (κ3) is 7.08. The summed E-state index contributed by atoms with van der Waals surface area (Å²) in [6.07, 6.45) is 0.846. The number of rotatable bonds is 10. The second kappa shape index (κ2) is 11.1. The summed E-state index contributed by atoms with van der Waals surface area (Å²) in [5, 5.41) is 5.50. The van der Waals surface area contributed by atoms with Crippen LogP contribution < -0.4 is 10.6 Å². The predicted octanol–water partition coefficient (Wildman–Crippen LogP) is 0.405. The van der Waals surface area contributed by atoms with E-state index < -0.39 is 29.9 Å². The first-order chi connectivity index (χ1) is 12.4. The van der Waals surface area contributed by atoms with Gasteiger partial charge in [-0.3, -0.25) is 14.4 Å². The normalized spacial score (nSPS) is 14.8. The minimum Gasteiger partial charge on any atom is -0.450 e. The molecule has 0 aliphatic carbocycles. The highest BCUT2D eigenvalue weighted by molar-refractivity contribution is 6.01. The zero-order valence-electron chi connectivity index (χ0n) is 15.0. The molecule has 1 atom stereocenters. The molecule has 2 N–H and O–H groups in total. The molecule has 1 rings (SSSR count). The second-order valence-corrected chi connectivity index (χ2v) is 5.61. The quantitative estimate of drug-likeness (QED) is 0.420. The van der Waals surface area contributed by atoms with Crippen LogP contribution in [0, 0.1) is 0 Å². The van der Waals surface area contributed by atoms with Crippen LogP contribution in [0.15, 0.2) is 0 Å². The smallest absolute Gasteiger partial charge is 0.407 e. The van der Waals surface area contributed by atoms with E-state index in [-0.39, 0.29) is 31.8 Å². The van der Waals surface area contributed by atoms with Gasteiger partial charge in [0.1, 0.15) is 6.04 Å². The Morgan fingerprint density at radius 2 is 1.77 bits per heavy atom. The van der Waals surface area contributed by atoms with Gasteiger partial charge in [0.15, 0.2) is 0 Å². The summed E-state index contributed by atoms with van der Waals surface area (Å²) in [4.78, 5) is 62.9. The van der Waals surface area contributed by atoms with E-state index in [4.69, 9.17) is 9.57 Å².